The Hall–Kier alpha value is -1.67. The molecule has 1 aromatic heterocycles. The molecule has 0 unspecified atom stereocenters. The highest BCUT2D eigenvalue weighted by Crippen LogP contribution is 2.36. The number of nitrogens with zero attached hydrogens (tertiary/aromatic N) is 1. The van der Waals surface area contributed by atoms with E-state index in [9.17, 15) is 9.18 Å². The number of amides is 1. The van der Waals surface area contributed by atoms with Gasteiger partial charge in [0.15, 0.2) is 11.6 Å². The summed E-state index contributed by atoms with van der Waals surface area (Å²) in [6.07, 6.45) is 0.607. The predicted octanol–water partition coefficient (Wildman–Crippen LogP) is 2.87. The standard InChI is InChI=1S/C16H24BFN2O4/c1-14(2,3)22-13(21)20-12-11(18)10(8-9-19-12)17-23-15(4,5)16(6,7)24-17/h8-9H,1-7H3,(H,19,20,21). The minimum Gasteiger partial charge on any atom is -0.444 e. The number of nitrogens with one attached hydrogen (secondary N) is 1. The molecule has 0 saturated carbocycles. The fraction of sp³-hybridized carbons (Fsp3) is 0.625. The van der Waals surface area contributed by atoms with Gasteiger partial charge in [-0.15, -0.1) is 0 Å². The molecular weight excluding hydrogens is 314 g/mol. The Labute approximate surface area is 142 Å². The molecule has 1 aliphatic rings. The Morgan fingerprint density at radius 2 is 1.79 bits per heavy atom. The largest absolute Gasteiger partial charge is 0.498 e. The van der Waals surface area contributed by atoms with Crippen LogP contribution >= 0.6 is 0 Å². The summed E-state index contributed by atoms with van der Waals surface area (Å²) in [5.74, 6) is -0.932. The van der Waals surface area contributed by atoms with Crippen molar-refractivity contribution in [3.63, 3.8) is 0 Å². The van der Waals surface area contributed by atoms with Gasteiger partial charge < -0.3 is 14.0 Å². The number of carbonyl (C=O) groups excluding carboxylic acids is 1. The zero-order chi connectivity index (χ0) is 18.3. The van der Waals surface area contributed by atoms with Crippen molar-refractivity contribution in [3.05, 3.63) is 18.1 Å². The van der Waals surface area contributed by atoms with E-state index in [-0.39, 0.29) is 11.3 Å². The topological polar surface area (TPSA) is 69.7 Å². The molecule has 1 fully saturated rings. The average molecular weight is 338 g/mol. The van der Waals surface area contributed by atoms with Gasteiger partial charge in [-0.05, 0) is 54.5 Å². The van der Waals surface area contributed by atoms with Gasteiger partial charge in [0.1, 0.15) is 5.60 Å². The first-order chi connectivity index (χ1) is 10.8. The Bertz CT molecular complexity index is 627. The van der Waals surface area contributed by atoms with E-state index in [0.717, 1.165) is 0 Å². The number of carbonyl (C=O) groups is 1. The third-order valence-electron chi connectivity index (χ3n) is 4.05. The van der Waals surface area contributed by atoms with Gasteiger partial charge in [0.25, 0.3) is 0 Å². The van der Waals surface area contributed by atoms with Crippen LogP contribution in [0.5, 0.6) is 0 Å². The van der Waals surface area contributed by atoms with Gasteiger partial charge in [0, 0.05) is 11.7 Å². The van der Waals surface area contributed by atoms with Crippen molar-refractivity contribution in [2.75, 3.05) is 5.32 Å². The molecule has 0 spiro atoms. The molecule has 1 aromatic rings. The lowest BCUT2D eigenvalue weighted by Crippen LogP contribution is -2.41. The highest BCUT2D eigenvalue weighted by molar-refractivity contribution is 6.62. The van der Waals surface area contributed by atoms with Crippen molar-refractivity contribution >= 4 is 24.5 Å². The molecule has 1 saturated heterocycles. The molecule has 1 amide bonds. The van der Waals surface area contributed by atoms with E-state index in [4.69, 9.17) is 14.0 Å². The SMILES string of the molecule is CC(C)(C)OC(=O)Nc1nccc(B2OC(C)(C)C(C)(C)O2)c1F. The first-order valence-corrected chi connectivity index (χ1v) is 7.82. The van der Waals surface area contributed by atoms with Crippen LogP contribution in [0.1, 0.15) is 48.5 Å². The molecule has 1 N–H and O–H groups in total. The number of ether oxygens (including phenoxy) is 1. The summed E-state index contributed by atoms with van der Waals surface area (Å²) < 4.78 is 31.5. The van der Waals surface area contributed by atoms with E-state index in [0.29, 0.717) is 0 Å². The second-order valence-corrected chi connectivity index (χ2v) is 7.78. The van der Waals surface area contributed by atoms with Crippen LogP contribution in [-0.2, 0) is 14.0 Å². The van der Waals surface area contributed by atoms with E-state index < -0.39 is 35.8 Å². The molecule has 0 bridgehead atoms. The first kappa shape index (κ1) is 18.7. The number of anilines is 1. The molecular formula is C16H24BFN2O4. The lowest BCUT2D eigenvalue weighted by atomic mass is 9.79. The highest BCUT2D eigenvalue weighted by Gasteiger charge is 2.52. The first-order valence-electron chi connectivity index (χ1n) is 7.82. The fourth-order valence-corrected chi connectivity index (χ4v) is 2.10. The van der Waals surface area contributed by atoms with Gasteiger partial charge in [-0.25, -0.2) is 14.2 Å². The molecule has 1 aliphatic heterocycles. The minimum atomic E-state index is -0.878. The minimum absolute atomic E-state index is 0.176. The Morgan fingerprint density at radius 1 is 1.25 bits per heavy atom. The molecule has 8 heteroatoms. The van der Waals surface area contributed by atoms with Crippen LogP contribution in [0.2, 0.25) is 0 Å². The van der Waals surface area contributed by atoms with Gasteiger partial charge >= 0.3 is 13.2 Å². The lowest BCUT2D eigenvalue weighted by Gasteiger charge is -2.32. The normalized spacial score (nSPS) is 19.2. The van der Waals surface area contributed by atoms with Crippen molar-refractivity contribution in [3.8, 4) is 0 Å². The molecule has 0 aliphatic carbocycles. The third-order valence-corrected chi connectivity index (χ3v) is 4.05. The third kappa shape index (κ3) is 3.87. The van der Waals surface area contributed by atoms with Gasteiger partial charge in [0.05, 0.1) is 11.2 Å². The van der Waals surface area contributed by atoms with Crippen LogP contribution in [0, 0.1) is 5.82 Å². The quantitative estimate of drug-likeness (QED) is 0.840. The zero-order valence-electron chi connectivity index (χ0n) is 15.2. The number of aromatic nitrogens is 1. The van der Waals surface area contributed by atoms with Gasteiger partial charge in [0.2, 0.25) is 0 Å². The molecule has 2 rings (SSSR count). The number of hydrogen-bond acceptors (Lipinski definition) is 5. The van der Waals surface area contributed by atoms with Crippen LogP contribution in [-0.4, -0.2) is 35.0 Å². The van der Waals surface area contributed by atoms with Crippen molar-refractivity contribution in [2.24, 2.45) is 0 Å². The van der Waals surface area contributed by atoms with Crippen LogP contribution in [0.25, 0.3) is 0 Å². The molecule has 132 valence electrons. The van der Waals surface area contributed by atoms with Crippen LogP contribution in [0.15, 0.2) is 12.3 Å². The van der Waals surface area contributed by atoms with E-state index in [1.54, 1.807) is 20.8 Å². The smallest absolute Gasteiger partial charge is 0.444 e. The van der Waals surface area contributed by atoms with Crippen molar-refractivity contribution in [2.45, 2.75) is 65.3 Å². The van der Waals surface area contributed by atoms with Crippen molar-refractivity contribution in [1.29, 1.82) is 0 Å². The Kier molecular flexibility index (Phi) is 4.67. The summed E-state index contributed by atoms with van der Waals surface area (Å²) in [7, 11) is -0.878. The Balaban J connectivity index is 2.22. The molecule has 24 heavy (non-hydrogen) atoms. The number of hydrogen-bond donors (Lipinski definition) is 1. The fourth-order valence-electron chi connectivity index (χ4n) is 2.10. The maximum Gasteiger partial charge on any atom is 0.498 e. The van der Waals surface area contributed by atoms with Gasteiger partial charge in [-0.2, -0.15) is 0 Å². The van der Waals surface area contributed by atoms with E-state index in [1.807, 2.05) is 27.7 Å². The van der Waals surface area contributed by atoms with E-state index in [2.05, 4.69) is 10.3 Å². The Morgan fingerprint density at radius 3 is 2.29 bits per heavy atom. The summed E-state index contributed by atoms with van der Waals surface area (Å²) in [4.78, 5) is 15.7. The summed E-state index contributed by atoms with van der Waals surface area (Å²) in [6, 6.07) is 1.47. The van der Waals surface area contributed by atoms with Crippen LogP contribution in [0.4, 0.5) is 15.0 Å². The predicted molar refractivity (Wildman–Crippen MR) is 89.8 cm³/mol. The molecule has 6 nitrogen and oxygen atoms in total. The number of rotatable bonds is 2. The summed E-state index contributed by atoms with van der Waals surface area (Å²) in [5.41, 5.74) is -1.70. The van der Waals surface area contributed by atoms with Crippen molar-refractivity contribution < 1.29 is 23.2 Å². The number of halogens is 1. The molecule has 0 radical (unpaired) electrons. The van der Waals surface area contributed by atoms with Gasteiger partial charge in [-0.1, -0.05) is 0 Å². The second-order valence-electron chi connectivity index (χ2n) is 7.78. The van der Waals surface area contributed by atoms with Crippen molar-refractivity contribution in [1.82, 2.24) is 4.98 Å². The maximum absolute atomic E-state index is 14.7. The molecule has 0 atom stereocenters. The lowest BCUT2D eigenvalue weighted by molar-refractivity contribution is 0.00578. The van der Waals surface area contributed by atoms with Gasteiger partial charge in [-0.3, -0.25) is 5.32 Å². The average Bonchev–Trinajstić information content (AvgIpc) is 2.58. The monoisotopic (exact) mass is 338 g/mol. The zero-order valence-corrected chi connectivity index (χ0v) is 15.2. The molecule has 2 heterocycles. The van der Waals surface area contributed by atoms with Crippen LogP contribution in [0.3, 0.4) is 0 Å². The summed E-state index contributed by atoms with van der Waals surface area (Å²) in [6.45, 7) is 12.7. The highest BCUT2D eigenvalue weighted by atomic mass is 19.1. The van der Waals surface area contributed by atoms with Crippen LogP contribution < -0.4 is 10.8 Å². The molecule has 0 aromatic carbocycles. The summed E-state index contributed by atoms with van der Waals surface area (Å²) >= 11 is 0. The summed E-state index contributed by atoms with van der Waals surface area (Å²) in [5, 5.41) is 2.31. The van der Waals surface area contributed by atoms with E-state index >= 15 is 0 Å². The maximum atomic E-state index is 14.7. The van der Waals surface area contributed by atoms with E-state index in [1.165, 1.54) is 12.3 Å². The number of pyridine rings is 1. The second kappa shape index (κ2) is 6.00.